The van der Waals surface area contributed by atoms with E-state index in [1.165, 1.54) is 25.9 Å². The fourth-order valence-electron chi connectivity index (χ4n) is 3.39. The van der Waals surface area contributed by atoms with Gasteiger partial charge in [-0.2, -0.15) is 0 Å². The molecule has 0 radical (unpaired) electrons. The third-order valence-corrected chi connectivity index (χ3v) is 6.82. The number of carbonyl (C=O) groups excluding carboxylic acids is 1. The Morgan fingerprint density at radius 2 is 2.17 bits per heavy atom. The Morgan fingerprint density at radius 3 is 2.87 bits per heavy atom. The van der Waals surface area contributed by atoms with E-state index in [-0.39, 0.29) is 5.91 Å². The predicted octanol–water partition coefficient (Wildman–Crippen LogP) is 3.12. The van der Waals surface area contributed by atoms with Crippen molar-refractivity contribution >= 4 is 29.0 Å². The van der Waals surface area contributed by atoms with Crippen LogP contribution in [0.3, 0.4) is 0 Å². The minimum Gasteiger partial charge on any atom is -0.347 e. The number of thiophene rings is 1. The highest BCUT2D eigenvalue weighted by Gasteiger charge is 2.35. The highest BCUT2D eigenvalue weighted by Crippen LogP contribution is 2.33. The fourth-order valence-corrected chi connectivity index (χ4v) is 5.38. The third-order valence-electron chi connectivity index (χ3n) is 4.63. The van der Waals surface area contributed by atoms with Crippen molar-refractivity contribution < 1.29 is 4.79 Å². The number of hydrogen-bond donors (Lipinski definition) is 1. The van der Waals surface area contributed by atoms with Crippen LogP contribution >= 0.6 is 23.1 Å². The van der Waals surface area contributed by atoms with E-state index >= 15 is 0 Å². The van der Waals surface area contributed by atoms with Crippen LogP contribution in [-0.2, 0) is 0 Å². The first-order valence-electron chi connectivity index (χ1n) is 7.99. The van der Waals surface area contributed by atoms with Gasteiger partial charge in [0.1, 0.15) is 0 Å². The highest BCUT2D eigenvalue weighted by atomic mass is 32.2. The molecule has 4 nitrogen and oxygen atoms in total. The smallest absolute Gasteiger partial charge is 0.261 e. The van der Waals surface area contributed by atoms with Gasteiger partial charge in [-0.1, -0.05) is 11.8 Å². The summed E-state index contributed by atoms with van der Waals surface area (Å²) in [6, 6.07) is 8.23. The van der Waals surface area contributed by atoms with E-state index in [9.17, 15) is 4.79 Å². The summed E-state index contributed by atoms with van der Waals surface area (Å²) in [4.78, 5) is 21.0. The standard InChI is InChI=1S/C17H19N3OS2/c21-17(19-14-11-20-8-5-12(14)6-9-20)15-3-4-16(23-15)22-13-2-1-7-18-10-13/h1-4,7,10,12,14H,5-6,8-9,11H2,(H,19,21)/t14-/m0/s1. The van der Waals surface area contributed by atoms with Crippen LogP contribution in [0, 0.1) is 5.92 Å². The van der Waals surface area contributed by atoms with E-state index in [1.54, 1.807) is 29.3 Å². The molecule has 3 fully saturated rings. The number of carbonyl (C=O) groups is 1. The fraction of sp³-hybridized carbons (Fsp3) is 0.412. The summed E-state index contributed by atoms with van der Waals surface area (Å²) in [5.74, 6) is 0.736. The van der Waals surface area contributed by atoms with Crippen molar-refractivity contribution in [2.45, 2.75) is 28.0 Å². The molecule has 2 aromatic rings. The monoisotopic (exact) mass is 345 g/mol. The van der Waals surface area contributed by atoms with Crippen molar-refractivity contribution in [3.05, 3.63) is 41.5 Å². The molecule has 0 aliphatic carbocycles. The normalized spacial score (nSPS) is 26.2. The van der Waals surface area contributed by atoms with Crippen molar-refractivity contribution in [1.29, 1.82) is 0 Å². The van der Waals surface area contributed by atoms with Gasteiger partial charge < -0.3 is 10.2 Å². The van der Waals surface area contributed by atoms with E-state index < -0.39 is 0 Å². The minimum absolute atomic E-state index is 0.0757. The zero-order chi connectivity index (χ0) is 15.6. The molecular weight excluding hydrogens is 326 g/mol. The van der Waals surface area contributed by atoms with Crippen molar-refractivity contribution in [3.63, 3.8) is 0 Å². The summed E-state index contributed by atoms with van der Waals surface area (Å²) in [7, 11) is 0. The number of rotatable bonds is 4. The molecule has 1 N–H and O–H groups in total. The maximum absolute atomic E-state index is 12.5. The van der Waals surface area contributed by atoms with Crippen LogP contribution in [0.1, 0.15) is 22.5 Å². The molecule has 2 bridgehead atoms. The summed E-state index contributed by atoms with van der Waals surface area (Å²) in [5, 5.41) is 3.25. The molecule has 3 aliphatic heterocycles. The highest BCUT2D eigenvalue weighted by molar-refractivity contribution is 8.01. The molecule has 3 saturated heterocycles. The molecule has 5 rings (SSSR count). The minimum atomic E-state index is 0.0757. The van der Waals surface area contributed by atoms with Crippen LogP contribution in [0.25, 0.3) is 0 Å². The first-order chi connectivity index (χ1) is 11.3. The number of amides is 1. The average Bonchev–Trinajstić information content (AvgIpc) is 3.05. The topological polar surface area (TPSA) is 45.2 Å². The second-order valence-electron chi connectivity index (χ2n) is 6.13. The Morgan fingerprint density at radius 1 is 1.30 bits per heavy atom. The van der Waals surface area contributed by atoms with Gasteiger partial charge in [-0.3, -0.25) is 9.78 Å². The van der Waals surface area contributed by atoms with Crippen LogP contribution in [0.4, 0.5) is 0 Å². The molecular formula is C17H19N3OS2. The molecule has 0 spiro atoms. The molecule has 120 valence electrons. The van der Waals surface area contributed by atoms with Gasteiger partial charge in [-0.25, -0.2) is 0 Å². The predicted molar refractivity (Wildman–Crippen MR) is 93.1 cm³/mol. The second-order valence-corrected chi connectivity index (χ2v) is 8.59. The number of aromatic nitrogens is 1. The van der Waals surface area contributed by atoms with Gasteiger partial charge in [-0.05, 0) is 56.1 Å². The lowest BCUT2D eigenvalue weighted by molar-refractivity contribution is 0.0622. The van der Waals surface area contributed by atoms with Crippen LogP contribution in [0.15, 0.2) is 45.8 Å². The Balaban J connectivity index is 1.39. The number of hydrogen-bond acceptors (Lipinski definition) is 5. The van der Waals surface area contributed by atoms with Crippen molar-refractivity contribution in [2.75, 3.05) is 19.6 Å². The average molecular weight is 345 g/mol. The lowest BCUT2D eigenvalue weighted by Crippen LogP contribution is -2.57. The quantitative estimate of drug-likeness (QED) is 0.925. The van der Waals surface area contributed by atoms with Crippen LogP contribution < -0.4 is 5.32 Å². The van der Waals surface area contributed by atoms with Crippen LogP contribution in [0.5, 0.6) is 0 Å². The summed E-state index contributed by atoms with van der Waals surface area (Å²) in [5.41, 5.74) is 0. The Labute approximate surface area is 144 Å². The summed E-state index contributed by atoms with van der Waals surface area (Å²) in [6.07, 6.45) is 6.05. The number of pyridine rings is 1. The Hall–Kier alpha value is -1.37. The molecule has 0 saturated carbocycles. The molecule has 0 aromatic carbocycles. The lowest BCUT2D eigenvalue weighted by Gasteiger charge is -2.44. The lowest BCUT2D eigenvalue weighted by atomic mass is 9.84. The number of nitrogens with zero attached hydrogens (tertiary/aromatic N) is 2. The Kier molecular flexibility index (Phi) is 4.37. The van der Waals surface area contributed by atoms with Gasteiger partial charge in [0.25, 0.3) is 5.91 Å². The van der Waals surface area contributed by atoms with Crippen molar-refractivity contribution in [3.8, 4) is 0 Å². The van der Waals surface area contributed by atoms with Crippen molar-refractivity contribution in [2.24, 2.45) is 5.92 Å². The molecule has 0 unspecified atom stereocenters. The molecule has 3 aliphatic rings. The van der Waals surface area contributed by atoms with E-state index in [1.807, 2.05) is 30.5 Å². The van der Waals surface area contributed by atoms with E-state index in [2.05, 4.69) is 15.2 Å². The van der Waals surface area contributed by atoms with Gasteiger partial charge in [-0.15, -0.1) is 11.3 Å². The maximum atomic E-state index is 12.5. The largest absolute Gasteiger partial charge is 0.347 e. The molecule has 2 aromatic heterocycles. The van der Waals surface area contributed by atoms with Crippen molar-refractivity contribution in [1.82, 2.24) is 15.2 Å². The van der Waals surface area contributed by atoms with E-state index in [4.69, 9.17) is 0 Å². The maximum Gasteiger partial charge on any atom is 0.261 e. The van der Waals surface area contributed by atoms with Gasteiger partial charge in [0.05, 0.1) is 9.09 Å². The summed E-state index contributed by atoms with van der Waals surface area (Å²) < 4.78 is 1.12. The zero-order valence-corrected chi connectivity index (χ0v) is 14.4. The van der Waals surface area contributed by atoms with Gasteiger partial charge in [0.15, 0.2) is 0 Å². The second kappa shape index (κ2) is 6.63. The van der Waals surface area contributed by atoms with Gasteiger partial charge in [0.2, 0.25) is 0 Å². The zero-order valence-electron chi connectivity index (χ0n) is 12.8. The molecule has 23 heavy (non-hydrogen) atoms. The SMILES string of the molecule is O=C(N[C@H]1CN2CCC1CC2)c1ccc(Sc2cccnc2)s1. The Bertz CT molecular complexity index is 680. The molecule has 1 amide bonds. The number of nitrogens with one attached hydrogen (secondary N) is 1. The van der Waals surface area contributed by atoms with E-state index in [0.29, 0.717) is 12.0 Å². The molecule has 6 heteroatoms. The van der Waals surface area contributed by atoms with Crippen LogP contribution in [0.2, 0.25) is 0 Å². The molecule has 5 heterocycles. The van der Waals surface area contributed by atoms with Gasteiger partial charge in [0, 0.05) is 29.9 Å². The third kappa shape index (κ3) is 3.44. The summed E-state index contributed by atoms with van der Waals surface area (Å²) in [6.45, 7) is 3.41. The summed E-state index contributed by atoms with van der Waals surface area (Å²) >= 11 is 3.21. The first kappa shape index (κ1) is 15.2. The molecule has 1 atom stereocenters. The van der Waals surface area contributed by atoms with Crippen LogP contribution in [-0.4, -0.2) is 41.5 Å². The first-order valence-corrected chi connectivity index (χ1v) is 9.62. The number of fused-ring (bicyclic) bond motifs is 3. The van der Waals surface area contributed by atoms with E-state index in [0.717, 1.165) is 20.5 Å². The number of piperidine rings is 3. The van der Waals surface area contributed by atoms with Gasteiger partial charge >= 0.3 is 0 Å².